The van der Waals surface area contributed by atoms with Crippen molar-refractivity contribution in [2.75, 3.05) is 0 Å². The average molecular weight is 217 g/mol. The first kappa shape index (κ1) is 11.2. The van der Waals surface area contributed by atoms with Crippen LogP contribution in [0.25, 0.3) is 0 Å². The van der Waals surface area contributed by atoms with Crippen LogP contribution in [0, 0.1) is 0 Å². The first-order chi connectivity index (χ1) is 7.66. The second-order valence-electron chi connectivity index (χ2n) is 4.81. The summed E-state index contributed by atoms with van der Waals surface area (Å²) in [6, 6.07) is 0. The van der Waals surface area contributed by atoms with E-state index in [0.717, 1.165) is 37.8 Å². The smallest absolute Gasteiger partial charge is 0.164 e. The summed E-state index contributed by atoms with van der Waals surface area (Å²) < 4.78 is 2.13. The normalized spacial score (nSPS) is 15.5. The lowest BCUT2D eigenvalue weighted by Gasteiger charge is -1.98. The van der Waals surface area contributed by atoms with Crippen LogP contribution in [0.5, 0.6) is 0 Å². The third-order valence-corrected chi connectivity index (χ3v) is 3.07. The van der Waals surface area contributed by atoms with E-state index in [9.17, 15) is 4.79 Å². The van der Waals surface area contributed by atoms with Crippen LogP contribution >= 0.6 is 0 Å². The molecule has 0 saturated carbocycles. The molecule has 0 N–H and O–H groups in total. The van der Waals surface area contributed by atoms with Gasteiger partial charge in [-0.2, -0.15) is 0 Å². The highest BCUT2D eigenvalue weighted by Gasteiger charge is 2.17. The molecule has 0 unspecified atom stereocenters. The van der Waals surface area contributed by atoms with Gasteiger partial charge in [0.2, 0.25) is 0 Å². The maximum absolute atomic E-state index is 11.8. The number of carbonyl (C=O) groups is 1. The second-order valence-corrected chi connectivity index (χ2v) is 4.81. The van der Waals surface area contributed by atoms with Crippen LogP contribution < -0.4 is 0 Å². The van der Waals surface area contributed by atoms with Crippen molar-refractivity contribution in [1.29, 1.82) is 0 Å². The Morgan fingerprint density at radius 2 is 2.06 bits per heavy atom. The van der Waals surface area contributed by atoms with Crippen LogP contribution in [0.15, 0.2) is 24.0 Å². The van der Waals surface area contributed by atoms with Crippen LogP contribution in [-0.2, 0) is 13.0 Å². The van der Waals surface area contributed by atoms with Crippen LogP contribution in [0.3, 0.4) is 0 Å². The van der Waals surface area contributed by atoms with E-state index in [-0.39, 0.29) is 0 Å². The van der Waals surface area contributed by atoms with Gasteiger partial charge in [-0.05, 0) is 38.7 Å². The average Bonchev–Trinajstić information content (AvgIpc) is 2.57. The van der Waals surface area contributed by atoms with Crippen molar-refractivity contribution in [2.45, 2.75) is 46.1 Å². The SMILES string of the molecule is CC(C)=CCn1cc2c(c1)C(=O)CCCC2. The van der Waals surface area contributed by atoms with Crippen molar-refractivity contribution in [2.24, 2.45) is 0 Å². The number of allylic oxidation sites excluding steroid dienone is 2. The minimum absolute atomic E-state index is 0.323. The molecule has 0 saturated heterocycles. The van der Waals surface area contributed by atoms with Gasteiger partial charge < -0.3 is 4.57 Å². The van der Waals surface area contributed by atoms with Crippen molar-refractivity contribution in [3.63, 3.8) is 0 Å². The van der Waals surface area contributed by atoms with Crippen molar-refractivity contribution in [3.8, 4) is 0 Å². The molecule has 1 aromatic rings. The molecule has 2 heteroatoms. The lowest BCUT2D eigenvalue weighted by molar-refractivity contribution is 0.0982. The third kappa shape index (κ3) is 2.43. The fourth-order valence-electron chi connectivity index (χ4n) is 2.14. The minimum Gasteiger partial charge on any atom is -0.349 e. The molecule has 1 heterocycles. The third-order valence-electron chi connectivity index (χ3n) is 3.07. The van der Waals surface area contributed by atoms with Gasteiger partial charge in [-0.15, -0.1) is 0 Å². The molecule has 16 heavy (non-hydrogen) atoms. The van der Waals surface area contributed by atoms with Gasteiger partial charge in [0.15, 0.2) is 5.78 Å². The van der Waals surface area contributed by atoms with E-state index in [4.69, 9.17) is 0 Å². The Labute approximate surface area is 97.0 Å². The first-order valence-corrected chi connectivity index (χ1v) is 6.02. The Bertz CT molecular complexity index is 422. The Hall–Kier alpha value is -1.31. The molecule has 1 aliphatic carbocycles. The summed E-state index contributed by atoms with van der Waals surface area (Å²) in [5.74, 6) is 0.323. The summed E-state index contributed by atoms with van der Waals surface area (Å²) in [4.78, 5) is 11.8. The number of aromatic nitrogens is 1. The van der Waals surface area contributed by atoms with Gasteiger partial charge in [-0.1, -0.05) is 11.6 Å². The number of carbonyl (C=O) groups excluding carboxylic acids is 1. The predicted octanol–water partition coefficient (Wildman–Crippen LogP) is 3.36. The highest BCUT2D eigenvalue weighted by molar-refractivity contribution is 5.97. The molecule has 2 rings (SSSR count). The Balaban J connectivity index is 2.22. The molecule has 2 nitrogen and oxygen atoms in total. The van der Waals surface area contributed by atoms with Crippen LogP contribution in [-0.4, -0.2) is 10.4 Å². The standard InChI is InChI=1S/C14H19NO/c1-11(2)7-8-15-9-12-5-3-4-6-14(16)13(12)10-15/h7,9-10H,3-6,8H2,1-2H3. The number of aryl methyl sites for hydroxylation is 1. The number of Topliss-reactive ketones (excluding diaryl/α,β-unsaturated/α-hetero) is 1. The van der Waals surface area contributed by atoms with Crippen LogP contribution in [0.2, 0.25) is 0 Å². The zero-order valence-corrected chi connectivity index (χ0v) is 10.1. The molecule has 0 aromatic carbocycles. The Morgan fingerprint density at radius 3 is 2.81 bits per heavy atom. The van der Waals surface area contributed by atoms with Crippen molar-refractivity contribution in [3.05, 3.63) is 35.2 Å². The number of hydrogen-bond donors (Lipinski definition) is 0. The highest BCUT2D eigenvalue weighted by atomic mass is 16.1. The molecule has 0 fully saturated rings. The molecule has 0 amide bonds. The van der Waals surface area contributed by atoms with Crippen LogP contribution in [0.1, 0.15) is 49.0 Å². The molecule has 0 atom stereocenters. The van der Waals surface area contributed by atoms with Gasteiger partial charge in [0, 0.05) is 30.9 Å². The molecule has 1 aromatic heterocycles. The molecule has 86 valence electrons. The minimum atomic E-state index is 0.323. The number of nitrogens with zero attached hydrogens (tertiary/aromatic N) is 1. The fraction of sp³-hybridized carbons (Fsp3) is 0.500. The van der Waals surface area contributed by atoms with E-state index in [1.54, 1.807) is 0 Å². The zero-order chi connectivity index (χ0) is 11.5. The van der Waals surface area contributed by atoms with E-state index in [0.29, 0.717) is 5.78 Å². The summed E-state index contributed by atoms with van der Waals surface area (Å²) in [6.45, 7) is 5.07. The Kier molecular flexibility index (Phi) is 3.28. The van der Waals surface area contributed by atoms with Crippen LogP contribution in [0.4, 0.5) is 0 Å². The second kappa shape index (κ2) is 4.69. The molecule has 0 aliphatic heterocycles. The Morgan fingerprint density at radius 1 is 1.31 bits per heavy atom. The lowest BCUT2D eigenvalue weighted by Crippen LogP contribution is -1.97. The van der Waals surface area contributed by atoms with E-state index >= 15 is 0 Å². The fourth-order valence-corrected chi connectivity index (χ4v) is 2.14. The number of rotatable bonds is 2. The van der Waals surface area contributed by atoms with Gasteiger partial charge in [0.05, 0.1) is 0 Å². The van der Waals surface area contributed by atoms with Crippen molar-refractivity contribution < 1.29 is 4.79 Å². The van der Waals surface area contributed by atoms with Gasteiger partial charge >= 0.3 is 0 Å². The van der Waals surface area contributed by atoms with Gasteiger partial charge in [0.1, 0.15) is 0 Å². The number of ketones is 1. The van der Waals surface area contributed by atoms with E-state index < -0.39 is 0 Å². The highest BCUT2D eigenvalue weighted by Crippen LogP contribution is 2.21. The molecular weight excluding hydrogens is 198 g/mol. The molecule has 1 aliphatic rings. The van der Waals surface area contributed by atoms with Gasteiger partial charge in [0.25, 0.3) is 0 Å². The predicted molar refractivity (Wildman–Crippen MR) is 65.7 cm³/mol. The van der Waals surface area contributed by atoms with E-state index in [2.05, 4.69) is 30.7 Å². The molecule has 0 spiro atoms. The number of hydrogen-bond acceptors (Lipinski definition) is 1. The van der Waals surface area contributed by atoms with Gasteiger partial charge in [-0.3, -0.25) is 4.79 Å². The topological polar surface area (TPSA) is 22.0 Å². The summed E-state index contributed by atoms with van der Waals surface area (Å²) in [5.41, 5.74) is 3.51. The summed E-state index contributed by atoms with van der Waals surface area (Å²) >= 11 is 0. The summed E-state index contributed by atoms with van der Waals surface area (Å²) in [7, 11) is 0. The largest absolute Gasteiger partial charge is 0.349 e. The van der Waals surface area contributed by atoms with Gasteiger partial charge in [-0.25, -0.2) is 0 Å². The monoisotopic (exact) mass is 217 g/mol. The molecule has 0 bridgehead atoms. The van der Waals surface area contributed by atoms with E-state index in [1.165, 1.54) is 11.1 Å². The lowest BCUT2D eigenvalue weighted by atomic mass is 10.1. The van der Waals surface area contributed by atoms with E-state index in [1.807, 2.05) is 6.20 Å². The number of fused-ring (bicyclic) bond motifs is 1. The first-order valence-electron chi connectivity index (χ1n) is 6.02. The molecule has 0 radical (unpaired) electrons. The zero-order valence-electron chi connectivity index (χ0n) is 10.1. The van der Waals surface area contributed by atoms with Crippen molar-refractivity contribution in [1.82, 2.24) is 4.57 Å². The quantitative estimate of drug-likeness (QED) is 0.550. The maximum atomic E-state index is 11.8. The summed E-state index contributed by atoms with van der Waals surface area (Å²) in [5, 5.41) is 0. The summed E-state index contributed by atoms with van der Waals surface area (Å²) in [6.07, 6.45) is 10.3. The van der Waals surface area contributed by atoms with Crippen molar-refractivity contribution >= 4 is 5.78 Å². The maximum Gasteiger partial charge on any atom is 0.164 e. The molecular formula is C14H19NO.